The molecule has 0 amide bonds. The average molecular weight is 362 g/mol. The van der Waals surface area contributed by atoms with Gasteiger partial charge in [-0.1, -0.05) is 42.0 Å². The number of hydrogen-bond donors (Lipinski definition) is 2. The van der Waals surface area contributed by atoms with Gasteiger partial charge in [0.1, 0.15) is 16.4 Å². The lowest BCUT2D eigenvalue weighted by Crippen LogP contribution is -2.11. The second-order valence-electron chi connectivity index (χ2n) is 6.44. The predicted molar refractivity (Wildman–Crippen MR) is 106 cm³/mol. The average Bonchev–Trinajstić information content (AvgIpc) is 2.94. The number of benzene rings is 2. The van der Waals surface area contributed by atoms with Gasteiger partial charge in [0.2, 0.25) is 0 Å². The van der Waals surface area contributed by atoms with Crippen LogP contribution < -0.4 is 5.56 Å². The second kappa shape index (κ2) is 6.42. The Kier molecular flexibility index (Phi) is 4.09. The summed E-state index contributed by atoms with van der Waals surface area (Å²) in [5, 5.41) is 10.1. The molecule has 0 saturated heterocycles. The summed E-state index contributed by atoms with van der Waals surface area (Å²) in [6.07, 6.45) is 0.516. The van der Waals surface area contributed by atoms with Gasteiger partial charge in [0, 0.05) is 16.9 Å². The second-order valence-corrected chi connectivity index (χ2v) is 7.64. The monoisotopic (exact) mass is 362 g/mol. The first-order chi connectivity index (χ1) is 12.5. The number of thiophene rings is 1. The lowest BCUT2D eigenvalue weighted by molar-refractivity contribution is 0.475. The van der Waals surface area contributed by atoms with Gasteiger partial charge in [-0.15, -0.1) is 11.3 Å². The molecule has 0 bridgehead atoms. The molecule has 130 valence electrons. The first-order valence-electron chi connectivity index (χ1n) is 8.38. The molecule has 0 spiro atoms. The van der Waals surface area contributed by atoms with E-state index in [-0.39, 0.29) is 11.3 Å². The minimum Gasteiger partial charge on any atom is -0.508 e. The van der Waals surface area contributed by atoms with Crippen LogP contribution >= 0.6 is 11.3 Å². The highest BCUT2D eigenvalue weighted by molar-refractivity contribution is 7.19. The molecule has 4 rings (SSSR count). The van der Waals surface area contributed by atoms with E-state index >= 15 is 0 Å². The number of H-pyrrole nitrogens is 1. The molecule has 0 radical (unpaired) electrons. The highest BCUT2D eigenvalue weighted by Crippen LogP contribution is 2.35. The summed E-state index contributed by atoms with van der Waals surface area (Å²) in [5.74, 6) is 0.854. The number of fused-ring (bicyclic) bond motifs is 1. The van der Waals surface area contributed by atoms with Crippen LogP contribution in [0.3, 0.4) is 0 Å². The molecule has 5 heteroatoms. The van der Waals surface area contributed by atoms with Gasteiger partial charge in [0.05, 0.1) is 5.39 Å². The molecule has 0 unspecified atom stereocenters. The fourth-order valence-corrected chi connectivity index (χ4v) is 4.19. The van der Waals surface area contributed by atoms with E-state index in [9.17, 15) is 9.90 Å². The first kappa shape index (κ1) is 16.5. The largest absolute Gasteiger partial charge is 0.508 e. The Morgan fingerprint density at radius 3 is 2.42 bits per heavy atom. The van der Waals surface area contributed by atoms with E-state index < -0.39 is 0 Å². The van der Waals surface area contributed by atoms with Crippen molar-refractivity contribution in [3.05, 3.63) is 80.7 Å². The quantitative estimate of drug-likeness (QED) is 0.561. The van der Waals surface area contributed by atoms with Crippen LogP contribution in [0.25, 0.3) is 21.3 Å². The van der Waals surface area contributed by atoms with Gasteiger partial charge < -0.3 is 10.1 Å². The van der Waals surface area contributed by atoms with Crippen LogP contribution in [0, 0.1) is 13.8 Å². The molecule has 2 heterocycles. The zero-order chi connectivity index (χ0) is 18.3. The molecule has 0 aliphatic rings. The maximum absolute atomic E-state index is 12.8. The highest BCUT2D eigenvalue weighted by Gasteiger charge is 2.16. The van der Waals surface area contributed by atoms with Crippen molar-refractivity contribution in [1.82, 2.24) is 9.97 Å². The molecule has 2 N–H and O–H groups in total. The van der Waals surface area contributed by atoms with Crippen LogP contribution in [0.15, 0.2) is 53.3 Å². The SMILES string of the molecule is Cc1ccc(-c2c(C)sc3nc(Cc4ccc(O)cc4)[nH]c(=O)c23)cc1. The van der Waals surface area contributed by atoms with Crippen molar-refractivity contribution in [2.24, 2.45) is 0 Å². The Balaban J connectivity index is 1.80. The van der Waals surface area contributed by atoms with Gasteiger partial charge in [-0.05, 0) is 37.1 Å². The molecule has 0 aliphatic carbocycles. The highest BCUT2D eigenvalue weighted by atomic mass is 32.1. The Bertz CT molecular complexity index is 1140. The topological polar surface area (TPSA) is 66.0 Å². The number of rotatable bonds is 3. The minimum absolute atomic E-state index is 0.108. The van der Waals surface area contributed by atoms with Crippen LogP contribution in [0.4, 0.5) is 0 Å². The number of nitrogens with zero attached hydrogens (tertiary/aromatic N) is 1. The van der Waals surface area contributed by atoms with Crippen molar-refractivity contribution in [2.45, 2.75) is 20.3 Å². The number of phenolic OH excluding ortho intramolecular Hbond substituents is 1. The van der Waals surface area contributed by atoms with Crippen molar-refractivity contribution in [2.75, 3.05) is 0 Å². The Hall–Kier alpha value is -2.92. The zero-order valence-corrected chi connectivity index (χ0v) is 15.4. The molecule has 4 aromatic rings. The summed E-state index contributed by atoms with van der Waals surface area (Å²) in [5.41, 5.74) is 4.07. The lowest BCUT2D eigenvalue weighted by Gasteiger charge is -2.04. The number of aromatic hydroxyl groups is 1. The number of aryl methyl sites for hydroxylation is 2. The zero-order valence-electron chi connectivity index (χ0n) is 14.5. The minimum atomic E-state index is -0.108. The summed E-state index contributed by atoms with van der Waals surface area (Å²) in [7, 11) is 0. The Morgan fingerprint density at radius 1 is 1.04 bits per heavy atom. The molecular formula is C21H18N2O2S. The standard InChI is InChI=1S/C21H18N2O2S/c1-12-3-7-15(8-4-12)18-13(2)26-21-19(18)20(25)22-17(23-21)11-14-5-9-16(24)10-6-14/h3-10,24H,11H2,1-2H3,(H,22,23,25). The van der Waals surface area contributed by atoms with E-state index in [0.717, 1.165) is 26.4 Å². The Morgan fingerprint density at radius 2 is 1.73 bits per heavy atom. The van der Waals surface area contributed by atoms with E-state index in [1.165, 1.54) is 5.56 Å². The van der Waals surface area contributed by atoms with Crippen molar-refractivity contribution < 1.29 is 5.11 Å². The third-order valence-electron chi connectivity index (χ3n) is 4.44. The van der Waals surface area contributed by atoms with Gasteiger partial charge in [-0.25, -0.2) is 4.98 Å². The van der Waals surface area contributed by atoms with Crippen molar-refractivity contribution in [3.63, 3.8) is 0 Å². The molecule has 0 atom stereocenters. The molecule has 0 fully saturated rings. The maximum atomic E-state index is 12.8. The van der Waals surface area contributed by atoms with Crippen molar-refractivity contribution in [1.29, 1.82) is 0 Å². The van der Waals surface area contributed by atoms with E-state index in [1.807, 2.05) is 38.1 Å². The van der Waals surface area contributed by atoms with E-state index in [0.29, 0.717) is 17.6 Å². The van der Waals surface area contributed by atoms with Crippen LogP contribution in [-0.2, 0) is 6.42 Å². The lowest BCUT2D eigenvalue weighted by atomic mass is 10.0. The first-order valence-corrected chi connectivity index (χ1v) is 9.20. The van der Waals surface area contributed by atoms with Crippen molar-refractivity contribution in [3.8, 4) is 16.9 Å². The summed E-state index contributed by atoms with van der Waals surface area (Å²) in [6, 6.07) is 15.1. The van der Waals surface area contributed by atoms with Crippen LogP contribution in [0.5, 0.6) is 5.75 Å². The molecule has 0 saturated carbocycles. The normalized spacial score (nSPS) is 11.2. The summed E-state index contributed by atoms with van der Waals surface area (Å²) in [6.45, 7) is 4.08. The van der Waals surface area contributed by atoms with Crippen LogP contribution in [0.1, 0.15) is 21.8 Å². The summed E-state index contributed by atoms with van der Waals surface area (Å²) < 4.78 is 0. The predicted octanol–water partition coefficient (Wildman–Crippen LogP) is 4.56. The summed E-state index contributed by atoms with van der Waals surface area (Å²) >= 11 is 1.55. The van der Waals surface area contributed by atoms with Gasteiger partial charge in [-0.2, -0.15) is 0 Å². The molecule has 26 heavy (non-hydrogen) atoms. The maximum Gasteiger partial charge on any atom is 0.260 e. The van der Waals surface area contributed by atoms with Gasteiger partial charge in [-0.3, -0.25) is 4.79 Å². The third-order valence-corrected chi connectivity index (χ3v) is 5.43. The van der Waals surface area contributed by atoms with Gasteiger partial charge >= 0.3 is 0 Å². The van der Waals surface area contributed by atoms with E-state index in [4.69, 9.17) is 0 Å². The molecule has 0 aliphatic heterocycles. The van der Waals surface area contributed by atoms with Crippen LogP contribution in [-0.4, -0.2) is 15.1 Å². The fraction of sp³-hybridized carbons (Fsp3) is 0.143. The fourth-order valence-electron chi connectivity index (χ4n) is 3.12. The number of aromatic nitrogens is 2. The smallest absolute Gasteiger partial charge is 0.260 e. The number of hydrogen-bond acceptors (Lipinski definition) is 4. The molecular weight excluding hydrogens is 344 g/mol. The number of phenols is 1. The number of nitrogens with one attached hydrogen (secondary N) is 1. The molecule has 2 aromatic carbocycles. The van der Waals surface area contributed by atoms with Gasteiger partial charge in [0.25, 0.3) is 5.56 Å². The van der Waals surface area contributed by atoms with E-state index in [2.05, 4.69) is 22.1 Å². The van der Waals surface area contributed by atoms with Crippen molar-refractivity contribution >= 4 is 21.6 Å². The summed E-state index contributed by atoms with van der Waals surface area (Å²) in [4.78, 5) is 22.2. The molecule has 2 aromatic heterocycles. The Labute approximate surface area is 154 Å². The van der Waals surface area contributed by atoms with Crippen LogP contribution in [0.2, 0.25) is 0 Å². The molecule has 4 nitrogen and oxygen atoms in total. The van der Waals surface area contributed by atoms with E-state index in [1.54, 1.807) is 23.5 Å². The van der Waals surface area contributed by atoms with Gasteiger partial charge in [0.15, 0.2) is 0 Å². The number of aromatic amines is 1. The third kappa shape index (κ3) is 3.02.